The van der Waals surface area contributed by atoms with Gasteiger partial charge in [0.1, 0.15) is 0 Å². The summed E-state index contributed by atoms with van der Waals surface area (Å²) < 4.78 is 5.66. The number of hydrogen-bond acceptors (Lipinski definition) is 3. The summed E-state index contributed by atoms with van der Waals surface area (Å²) in [5, 5.41) is 3.47. The second-order valence-corrected chi connectivity index (χ2v) is 5.16. The second-order valence-electron chi connectivity index (χ2n) is 5.16. The van der Waals surface area contributed by atoms with Crippen LogP contribution in [-0.2, 0) is 4.74 Å². The molecule has 2 aliphatic rings. The average Bonchev–Trinajstić information content (AvgIpc) is 2.23. The van der Waals surface area contributed by atoms with E-state index in [9.17, 15) is 0 Å². The maximum absolute atomic E-state index is 6.15. The lowest BCUT2D eigenvalue weighted by Gasteiger charge is -2.38. The molecule has 0 spiro atoms. The zero-order chi connectivity index (χ0) is 10.6. The molecular formula is C12H24N2O. The van der Waals surface area contributed by atoms with Crippen LogP contribution in [0.1, 0.15) is 44.9 Å². The number of nitrogens with one attached hydrogen (secondary N) is 1. The normalized spacial score (nSPS) is 29.8. The van der Waals surface area contributed by atoms with E-state index < -0.39 is 0 Å². The molecule has 1 atom stereocenters. The molecule has 1 unspecified atom stereocenters. The summed E-state index contributed by atoms with van der Waals surface area (Å²) >= 11 is 0. The highest BCUT2D eigenvalue weighted by Gasteiger charge is 2.31. The van der Waals surface area contributed by atoms with E-state index in [1.165, 1.54) is 38.5 Å². The lowest BCUT2D eigenvalue weighted by molar-refractivity contribution is 0.0166. The third-order valence-electron chi connectivity index (χ3n) is 3.80. The van der Waals surface area contributed by atoms with Gasteiger partial charge in [-0.3, -0.25) is 0 Å². The minimum absolute atomic E-state index is 0.167. The number of nitrogens with two attached hydrogens (primary N) is 1. The monoisotopic (exact) mass is 212 g/mol. The molecule has 1 aliphatic heterocycles. The van der Waals surface area contributed by atoms with E-state index in [-0.39, 0.29) is 5.54 Å². The quantitative estimate of drug-likeness (QED) is 0.678. The van der Waals surface area contributed by atoms with Crippen molar-refractivity contribution in [3.8, 4) is 0 Å². The average molecular weight is 212 g/mol. The van der Waals surface area contributed by atoms with Crippen LogP contribution < -0.4 is 11.1 Å². The summed E-state index contributed by atoms with van der Waals surface area (Å²) in [6, 6.07) is 0. The summed E-state index contributed by atoms with van der Waals surface area (Å²) in [5.41, 5.74) is 6.32. The largest absolute Gasteiger partial charge is 0.377 e. The Labute approximate surface area is 92.7 Å². The zero-order valence-corrected chi connectivity index (χ0v) is 9.63. The molecule has 1 saturated heterocycles. The van der Waals surface area contributed by atoms with Crippen molar-refractivity contribution in [3.63, 3.8) is 0 Å². The van der Waals surface area contributed by atoms with Gasteiger partial charge >= 0.3 is 0 Å². The minimum atomic E-state index is 0.167. The van der Waals surface area contributed by atoms with Crippen LogP contribution in [0.3, 0.4) is 0 Å². The molecule has 0 bridgehead atoms. The number of hydrogen-bond donors (Lipinski definition) is 2. The van der Waals surface area contributed by atoms with E-state index in [1.807, 2.05) is 0 Å². The summed E-state index contributed by atoms with van der Waals surface area (Å²) in [6.45, 7) is 3.01. The van der Waals surface area contributed by atoms with Crippen molar-refractivity contribution >= 4 is 0 Å². The van der Waals surface area contributed by atoms with Crippen LogP contribution in [0, 0.1) is 0 Å². The molecule has 0 aromatic rings. The number of rotatable bonds is 5. The summed E-state index contributed by atoms with van der Waals surface area (Å²) in [4.78, 5) is 0. The molecule has 3 nitrogen and oxygen atoms in total. The molecule has 0 aromatic carbocycles. The maximum Gasteiger partial charge on any atom is 0.0699 e. The topological polar surface area (TPSA) is 47.3 Å². The Morgan fingerprint density at radius 2 is 2.13 bits per heavy atom. The predicted molar refractivity (Wildman–Crippen MR) is 61.8 cm³/mol. The van der Waals surface area contributed by atoms with Gasteiger partial charge in [-0.25, -0.2) is 0 Å². The molecule has 0 radical (unpaired) electrons. The lowest BCUT2D eigenvalue weighted by Crippen LogP contribution is -2.48. The van der Waals surface area contributed by atoms with Gasteiger partial charge in [0.2, 0.25) is 0 Å². The fourth-order valence-corrected chi connectivity index (χ4v) is 2.45. The molecule has 1 aliphatic carbocycles. The first-order valence-electron chi connectivity index (χ1n) is 6.40. The molecule has 1 saturated carbocycles. The first-order valence-corrected chi connectivity index (χ1v) is 6.40. The van der Waals surface area contributed by atoms with E-state index >= 15 is 0 Å². The van der Waals surface area contributed by atoms with Crippen LogP contribution in [0.15, 0.2) is 0 Å². The van der Waals surface area contributed by atoms with Gasteiger partial charge in [-0.1, -0.05) is 0 Å². The molecule has 1 heterocycles. The molecule has 88 valence electrons. The summed E-state index contributed by atoms with van der Waals surface area (Å²) in [5.74, 6) is 0. The van der Waals surface area contributed by atoms with E-state index in [2.05, 4.69) is 5.32 Å². The fourth-order valence-electron chi connectivity index (χ4n) is 2.45. The molecule has 0 amide bonds. The van der Waals surface area contributed by atoms with Gasteiger partial charge in [-0.15, -0.1) is 0 Å². The Balaban J connectivity index is 1.50. The van der Waals surface area contributed by atoms with Gasteiger partial charge in [0, 0.05) is 18.7 Å². The van der Waals surface area contributed by atoms with Crippen molar-refractivity contribution in [1.29, 1.82) is 0 Å². The van der Waals surface area contributed by atoms with Crippen molar-refractivity contribution in [1.82, 2.24) is 5.32 Å². The van der Waals surface area contributed by atoms with Crippen molar-refractivity contribution in [2.75, 3.05) is 19.7 Å². The van der Waals surface area contributed by atoms with Crippen LogP contribution in [-0.4, -0.2) is 31.3 Å². The minimum Gasteiger partial charge on any atom is -0.377 e. The van der Waals surface area contributed by atoms with Crippen LogP contribution in [0.4, 0.5) is 0 Å². The smallest absolute Gasteiger partial charge is 0.0699 e. The van der Waals surface area contributed by atoms with Crippen LogP contribution in [0.5, 0.6) is 0 Å². The Morgan fingerprint density at radius 1 is 1.27 bits per heavy atom. The van der Waals surface area contributed by atoms with Crippen LogP contribution >= 0.6 is 0 Å². The van der Waals surface area contributed by atoms with Crippen LogP contribution in [0.25, 0.3) is 0 Å². The van der Waals surface area contributed by atoms with Crippen molar-refractivity contribution < 1.29 is 4.74 Å². The molecule has 0 aromatic heterocycles. The predicted octanol–water partition coefficient (Wildman–Crippen LogP) is 1.42. The second kappa shape index (κ2) is 5.28. The Morgan fingerprint density at radius 3 is 2.73 bits per heavy atom. The van der Waals surface area contributed by atoms with E-state index in [4.69, 9.17) is 10.5 Å². The van der Waals surface area contributed by atoms with E-state index in [0.717, 1.165) is 26.1 Å². The molecule has 3 N–H and O–H groups in total. The van der Waals surface area contributed by atoms with Crippen molar-refractivity contribution in [3.05, 3.63) is 0 Å². The van der Waals surface area contributed by atoms with Crippen molar-refractivity contribution in [2.24, 2.45) is 5.73 Å². The van der Waals surface area contributed by atoms with Gasteiger partial charge in [-0.2, -0.15) is 0 Å². The highest BCUT2D eigenvalue weighted by Crippen LogP contribution is 2.31. The molecular weight excluding hydrogens is 188 g/mol. The van der Waals surface area contributed by atoms with E-state index in [1.54, 1.807) is 0 Å². The van der Waals surface area contributed by atoms with Gasteiger partial charge in [0.05, 0.1) is 6.10 Å². The van der Waals surface area contributed by atoms with Gasteiger partial charge in [0.25, 0.3) is 0 Å². The Hall–Kier alpha value is -0.120. The fraction of sp³-hybridized carbons (Fsp3) is 1.00. The molecule has 3 heteroatoms. The summed E-state index contributed by atoms with van der Waals surface area (Å²) in [6.07, 6.45) is 9.12. The van der Waals surface area contributed by atoms with Gasteiger partial charge < -0.3 is 15.8 Å². The Bertz CT molecular complexity index is 186. The SMILES string of the molecule is NC1(CCNCC2CCCCO2)CCC1. The zero-order valence-electron chi connectivity index (χ0n) is 9.63. The van der Waals surface area contributed by atoms with Crippen molar-refractivity contribution in [2.45, 2.75) is 56.6 Å². The van der Waals surface area contributed by atoms with Gasteiger partial charge in [0.15, 0.2) is 0 Å². The lowest BCUT2D eigenvalue weighted by atomic mass is 9.75. The highest BCUT2D eigenvalue weighted by molar-refractivity contribution is 4.92. The molecule has 15 heavy (non-hydrogen) atoms. The summed E-state index contributed by atoms with van der Waals surface area (Å²) in [7, 11) is 0. The molecule has 2 rings (SSSR count). The maximum atomic E-state index is 6.15. The Kier molecular flexibility index (Phi) is 4.00. The third-order valence-corrected chi connectivity index (χ3v) is 3.80. The van der Waals surface area contributed by atoms with E-state index in [0.29, 0.717) is 6.10 Å². The van der Waals surface area contributed by atoms with Crippen LogP contribution in [0.2, 0.25) is 0 Å². The van der Waals surface area contributed by atoms with Gasteiger partial charge in [-0.05, 0) is 51.5 Å². The number of ether oxygens (including phenoxy) is 1. The highest BCUT2D eigenvalue weighted by atomic mass is 16.5. The molecule has 2 fully saturated rings. The first kappa shape index (κ1) is 11.4. The third kappa shape index (κ3) is 3.44. The standard InChI is InChI=1S/C12H24N2O/c13-12(5-3-6-12)7-8-14-10-11-4-1-2-9-15-11/h11,14H,1-10,13H2. The first-order chi connectivity index (χ1) is 7.29.